The summed E-state index contributed by atoms with van der Waals surface area (Å²) in [6.07, 6.45) is 0.989. The number of hydrogen-bond acceptors (Lipinski definition) is 3. The molecule has 0 aliphatic carbocycles. The third-order valence-electron chi connectivity index (χ3n) is 3.47. The van der Waals surface area contributed by atoms with Crippen molar-refractivity contribution in [2.45, 2.75) is 19.4 Å². The van der Waals surface area contributed by atoms with E-state index in [1.807, 2.05) is 11.8 Å². The fourth-order valence-electron chi connectivity index (χ4n) is 2.48. The van der Waals surface area contributed by atoms with Gasteiger partial charge in [0, 0.05) is 24.2 Å². The molecule has 1 aromatic carbocycles. The highest BCUT2D eigenvalue weighted by Crippen LogP contribution is 2.25. The summed E-state index contributed by atoms with van der Waals surface area (Å²) < 4.78 is 5.26. The molecule has 0 aromatic heterocycles. The Morgan fingerprint density at radius 2 is 2.37 bits per heavy atom. The molecule has 1 amide bonds. The molecule has 0 radical (unpaired) electrons. The van der Waals surface area contributed by atoms with E-state index in [0.717, 1.165) is 19.5 Å². The van der Waals surface area contributed by atoms with Gasteiger partial charge in [0.05, 0.1) is 12.7 Å². The molecule has 1 fully saturated rings. The van der Waals surface area contributed by atoms with Crippen LogP contribution < -0.4 is 10.1 Å². The molecule has 1 aliphatic heterocycles. The molecule has 0 bridgehead atoms. The lowest BCUT2D eigenvalue weighted by molar-refractivity contribution is 0.0700. The first kappa shape index (κ1) is 14.2. The Bertz CT molecular complexity index is 459. The number of nitrogens with zero attached hydrogens (tertiary/aromatic N) is 1. The molecule has 5 heteroatoms. The highest BCUT2D eigenvalue weighted by molar-refractivity contribution is 6.31. The van der Waals surface area contributed by atoms with Crippen molar-refractivity contribution in [3.8, 4) is 5.75 Å². The van der Waals surface area contributed by atoms with E-state index in [1.54, 1.807) is 25.3 Å². The van der Waals surface area contributed by atoms with Crippen LogP contribution in [0.5, 0.6) is 5.75 Å². The lowest BCUT2D eigenvalue weighted by Gasteiger charge is -2.27. The second kappa shape index (κ2) is 6.26. The van der Waals surface area contributed by atoms with E-state index >= 15 is 0 Å². The monoisotopic (exact) mass is 282 g/mol. The van der Waals surface area contributed by atoms with E-state index in [9.17, 15) is 4.79 Å². The van der Waals surface area contributed by atoms with Crippen molar-refractivity contribution in [3.05, 3.63) is 28.8 Å². The van der Waals surface area contributed by atoms with E-state index in [1.165, 1.54) is 0 Å². The summed E-state index contributed by atoms with van der Waals surface area (Å²) in [6.45, 7) is 4.48. The molecule has 0 spiro atoms. The molecule has 4 nitrogen and oxygen atoms in total. The summed E-state index contributed by atoms with van der Waals surface area (Å²) in [5.74, 6) is 0.550. The summed E-state index contributed by atoms with van der Waals surface area (Å²) in [7, 11) is 1.56. The topological polar surface area (TPSA) is 41.6 Å². The smallest absolute Gasteiger partial charge is 0.257 e. The van der Waals surface area contributed by atoms with Crippen molar-refractivity contribution in [3.63, 3.8) is 0 Å². The van der Waals surface area contributed by atoms with Gasteiger partial charge in [-0.15, -0.1) is 0 Å². The number of carbonyl (C=O) groups is 1. The number of rotatable bonds is 4. The molecule has 2 rings (SSSR count). The predicted molar refractivity (Wildman–Crippen MR) is 76.0 cm³/mol. The van der Waals surface area contributed by atoms with Crippen molar-refractivity contribution >= 4 is 17.5 Å². The lowest BCUT2D eigenvalue weighted by atomic mass is 10.1. The number of nitrogens with one attached hydrogen (secondary N) is 1. The van der Waals surface area contributed by atoms with Crippen LogP contribution in [0.2, 0.25) is 5.02 Å². The van der Waals surface area contributed by atoms with Gasteiger partial charge in [-0.25, -0.2) is 0 Å². The first-order valence-electron chi connectivity index (χ1n) is 6.52. The fourth-order valence-corrected chi connectivity index (χ4v) is 2.65. The summed E-state index contributed by atoms with van der Waals surface area (Å²) >= 11 is 5.99. The molecule has 1 N–H and O–H groups in total. The Hall–Kier alpha value is -1.26. The summed E-state index contributed by atoms with van der Waals surface area (Å²) in [6, 6.07) is 5.38. The fraction of sp³-hybridized carbons (Fsp3) is 0.500. The third-order valence-corrected chi connectivity index (χ3v) is 3.70. The molecule has 104 valence electrons. The Morgan fingerprint density at radius 3 is 2.95 bits per heavy atom. The van der Waals surface area contributed by atoms with Gasteiger partial charge in [-0.05, 0) is 38.1 Å². The van der Waals surface area contributed by atoms with Crippen LogP contribution in [0.3, 0.4) is 0 Å². The van der Waals surface area contributed by atoms with Crippen LogP contribution >= 0.6 is 11.6 Å². The normalized spacial score (nSPS) is 18.4. The summed E-state index contributed by atoms with van der Waals surface area (Å²) in [4.78, 5) is 14.5. The van der Waals surface area contributed by atoms with Gasteiger partial charge in [0.15, 0.2) is 0 Å². The average molecular weight is 283 g/mol. The Kier molecular flexibility index (Phi) is 4.66. The number of ether oxygens (including phenoxy) is 1. The molecule has 19 heavy (non-hydrogen) atoms. The van der Waals surface area contributed by atoms with Gasteiger partial charge in [0.1, 0.15) is 5.75 Å². The molecular formula is C14H19ClN2O2. The summed E-state index contributed by atoms with van der Waals surface area (Å²) in [5.41, 5.74) is 0.531. The molecule has 1 atom stereocenters. The average Bonchev–Trinajstić information content (AvgIpc) is 2.93. The van der Waals surface area contributed by atoms with Crippen molar-refractivity contribution in [2.75, 3.05) is 26.7 Å². The molecule has 0 saturated carbocycles. The van der Waals surface area contributed by atoms with E-state index in [0.29, 0.717) is 22.9 Å². The second-order valence-corrected chi connectivity index (χ2v) is 5.02. The van der Waals surface area contributed by atoms with Gasteiger partial charge >= 0.3 is 0 Å². The van der Waals surface area contributed by atoms with Crippen LogP contribution in [-0.4, -0.2) is 43.6 Å². The molecule has 1 aliphatic rings. The van der Waals surface area contributed by atoms with Crippen LogP contribution in [0, 0.1) is 0 Å². The highest BCUT2D eigenvalue weighted by Gasteiger charge is 2.27. The minimum Gasteiger partial charge on any atom is -0.496 e. The zero-order valence-corrected chi connectivity index (χ0v) is 12.0. The van der Waals surface area contributed by atoms with Gasteiger partial charge in [-0.1, -0.05) is 11.6 Å². The van der Waals surface area contributed by atoms with E-state index in [4.69, 9.17) is 16.3 Å². The number of likely N-dealkylation sites (N-methyl/N-ethyl adjacent to an activating group) is 1. The zero-order chi connectivity index (χ0) is 13.8. The highest BCUT2D eigenvalue weighted by atomic mass is 35.5. The maximum Gasteiger partial charge on any atom is 0.257 e. The quantitative estimate of drug-likeness (QED) is 0.920. The second-order valence-electron chi connectivity index (χ2n) is 4.58. The van der Waals surface area contributed by atoms with Crippen LogP contribution in [-0.2, 0) is 0 Å². The Labute approximate surface area is 118 Å². The first-order chi connectivity index (χ1) is 9.17. The SMILES string of the molecule is CCN(C(=O)c1cc(Cl)ccc1OC)C1CCNC1. The zero-order valence-electron chi connectivity index (χ0n) is 11.3. The predicted octanol–water partition coefficient (Wildman–Crippen LogP) is 2.17. The number of hydrogen-bond donors (Lipinski definition) is 1. The Morgan fingerprint density at radius 1 is 1.58 bits per heavy atom. The number of carbonyl (C=O) groups excluding carboxylic acids is 1. The molecule has 1 unspecified atom stereocenters. The van der Waals surface area contributed by atoms with Crippen LogP contribution in [0.1, 0.15) is 23.7 Å². The van der Waals surface area contributed by atoms with Gasteiger partial charge < -0.3 is 15.0 Å². The maximum absolute atomic E-state index is 12.7. The van der Waals surface area contributed by atoms with E-state index in [-0.39, 0.29) is 11.9 Å². The molecule has 1 heterocycles. The van der Waals surface area contributed by atoms with E-state index in [2.05, 4.69) is 5.32 Å². The van der Waals surface area contributed by atoms with Crippen LogP contribution in [0.4, 0.5) is 0 Å². The van der Waals surface area contributed by atoms with Gasteiger partial charge in [-0.2, -0.15) is 0 Å². The summed E-state index contributed by atoms with van der Waals surface area (Å²) in [5, 5.41) is 3.83. The van der Waals surface area contributed by atoms with Crippen LogP contribution in [0.15, 0.2) is 18.2 Å². The molecule has 1 aromatic rings. The van der Waals surface area contributed by atoms with Gasteiger partial charge in [0.25, 0.3) is 5.91 Å². The van der Waals surface area contributed by atoms with Crippen molar-refractivity contribution in [1.29, 1.82) is 0 Å². The van der Waals surface area contributed by atoms with Crippen LogP contribution in [0.25, 0.3) is 0 Å². The van der Waals surface area contributed by atoms with Crippen molar-refractivity contribution < 1.29 is 9.53 Å². The minimum absolute atomic E-state index is 0.0180. The number of amides is 1. The molecular weight excluding hydrogens is 264 g/mol. The lowest BCUT2D eigenvalue weighted by Crippen LogP contribution is -2.41. The Balaban J connectivity index is 2.28. The standard InChI is InChI=1S/C14H19ClN2O2/c1-3-17(11-6-7-16-9-11)14(18)12-8-10(15)4-5-13(12)19-2/h4-5,8,11,16H,3,6-7,9H2,1-2H3. The maximum atomic E-state index is 12.7. The first-order valence-corrected chi connectivity index (χ1v) is 6.90. The van der Waals surface area contributed by atoms with E-state index < -0.39 is 0 Å². The van der Waals surface area contributed by atoms with Gasteiger partial charge in [-0.3, -0.25) is 4.79 Å². The van der Waals surface area contributed by atoms with Gasteiger partial charge in [0.2, 0.25) is 0 Å². The number of halogens is 1. The number of benzene rings is 1. The third kappa shape index (κ3) is 3.01. The largest absolute Gasteiger partial charge is 0.496 e. The van der Waals surface area contributed by atoms with Crippen molar-refractivity contribution in [2.24, 2.45) is 0 Å². The minimum atomic E-state index is -0.0180. The van der Waals surface area contributed by atoms with Crippen molar-refractivity contribution in [1.82, 2.24) is 10.2 Å². The molecule has 1 saturated heterocycles. The number of methoxy groups -OCH3 is 1.